The maximum atomic E-state index is 12.5. The molecule has 1 aromatic heterocycles. The molecule has 0 amide bonds. The summed E-state index contributed by atoms with van der Waals surface area (Å²) in [5.41, 5.74) is 0. The lowest BCUT2D eigenvalue weighted by atomic mass is 10.4. The zero-order chi connectivity index (χ0) is 15.6. The molecular formula is C8H7F5N4O2S. The van der Waals surface area contributed by atoms with E-state index in [2.05, 4.69) is 25.2 Å². The Morgan fingerprint density at radius 3 is 2.35 bits per heavy atom. The first-order chi connectivity index (χ1) is 9.03. The van der Waals surface area contributed by atoms with Crippen molar-refractivity contribution in [1.82, 2.24) is 10.2 Å². The number of azo groups is 1. The lowest BCUT2D eigenvalue weighted by molar-refractivity contribution is -0.370. The summed E-state index contributed by atoms with van der Waals surface area (Å²) in [6.45, 7) is 3.37. The summed E-state index contributed by atoms with van der Waals surface area (Å²) in [6.07, 6.45) is -11.6. The van der Waals surface area contributed by atoms with Gasteiger partial charge in [-0.25, -0.2) is 4.79 Å². The Labute approximate surface area is 112 Å². The molecule has 112 valence electrons. The minimum Gasteiger partial charge on any atom is -0.388 e. The fourth-order valence-electron chi connectivity index (χ4n) is 0.721. The van der Waals surface area contributed by atoms with E-state index < -0.39 is 23.3 Å². The second kappa shape index (κ2) is 5.73. The molecule has 0 aromatic carbocycles. The molecule has 1 heterocycles. The molecular weight excluding hydrogens is 311 g/mol. The van der Waals surface area contributed by atoms with E-state index in [9.17, 15) is 26.7 Å². The molecule has 0 fully saturated rings. The van der Waals surface area contributed by atoms with Crippen molar-refractivity contribution in [2.24, 2.45) is 10.2 Å². The van der Waals surface area contributed by atoms with Crippen molar-refractivity contribution < 1.29 is 31.5 Å². The average molecular weight is 318 g/mol. The van der Waals surface area contributed by atoms with Crippen molar-refractivity contribution in [3.8, 4) is 0 Å². The maximum absolute atomic E-state index is 12.5. The van der Waals surface area contributed by atoms with Crippen LogP contribution < -0.4 is 0 Å². The summed E-state index contributed by atoms with van der Waals surface area (Å²) in [7, 11) is 0. The third kappa shape index (κ3) is 4.15. The quantitative estimate of drug-likeness (QED) is 0.484. The second-order valence-corrected chi connectivity index (χ2v) is 4.56. The lowest BCUT2D eigenvalue weighted by Crippen LogP contribution is -2.40. The number of nitrogens with zero attached hydrogens (tertiary/aromatic N) is 4. The van der Waals surface area contributed by atoms with Crippen LogP contribution in [0.15, 0.2) is 10.2 Å². The Bertz CT molecular complexity index is 513. The van der Waals surface area contributed by atoms with Crippen LogP contribution in [0.5, 0.6) is 0 Å². The molecule has 0 bridgehead atoms. The molecule has 0 aliphatic rings. The van der Waals surface area contributed by atoms with Crippen molar-refractivity contribution in [3.63, 3.8) is 0 Å². The van der Waals surface area contributed by atoms with Crippen LogP contribution in [-0.2, 0) is 4.74 Å². The fraction of sp³-hybridized carbons (Fsp3) is 0.625. The third-order valence-corrected chi connectivity index (χ3v) is 2.30. The first-order valence-electron chi connectivity index (χ1n) is 4.95. The molecule has 12 heteroatoms. The zero-order valence-corrected chi connectivity index (χ0v) is 10.8. The van der Waals surface area contributed by atoms with Crippen LogP contribution in [0, 0.1) is 0 Å². The smallest absolute Gasteiger partial charge is 0.388 e. The maximum Gasteiger partial charge on any atom is 0.501 e. The number of carbonyl (C=O) groups is 1. The van der Waals surface area contributed by atoms with Gasteiger partial charge >= 0.3 is 18.3 Å². The highest BCUT2D eigenvalue weighted by atomic mass is 32.1. The summed E-state index contributed by atoms with van der Waals surface area (Å²) in [5.74, 6) is -1.95. The van der Waals surface area contributed by atoms with Gasteiger partial charge in [0, 0.05) is 0 Å². The Morgan fingerprint density at radius 1 is 1.25 bits per heavy atom. The van der Waals surface area contributed by atoms with Crippen LogP contribution >= 0.6 is 11.3 Å². The Morgan fingerprint density at radius 2 is 1.85 bits per heavy atom. The number of rotatable bonds is 4. The standard InChI is InChI=1S/C8H7F5N4O2S/c1-3(2)14-16-6-17-15-4(20-6)5(18)19-8(12,13)7(9,10)11/h3H,1-2H3. The van der Waals surface area contributed by atoms with Crippen LogP contribution in [-0.4, -0.2) is 34.5 Å². The molecule has 1 aromatic rings. The molecule has 0 aliphatic heterocycles. The van der Waals surface area contributed by atoms with Crippen molar-refractivity contribution in [2.75, 3.05) is 0 Å². The number of aromatic nitrogens is 2. The molecule has 6 nitrogen and oxygen atoms in total. The average Bonchev–Trinajstić information content (AvgIpc) is 2.72. The molecule has 0 saturated heterocycles. The molecule has 1 rings (SSSR count). The fourth-order valence-corrected chi connectivity index (χ4v) is 1.27. The van der Waals surface area contributed by atoms with Crippen LogP contribution in [0.3, 0.4) is 0 Å². The molecule has 0 unspecified atom stereocenters. The van der Waals surface area contributed by atoms with E-state index in [4.69, 9.17) is 0 Å². The third-order valence-electron chi connectivity index (χ3n) is 1.51. The van der Waals surface area contributed by atoms with Crippen molar-refractivity contribution in [2.45, 2.75) is 32.2 Å². The number of hydrogen-bond donors (Lipinski definition) is 0. The number of ether oxygens (including phenoxy) is 1. The van der Waals surface area contributed by atoms with Crippen LogP contribution in [0.25, 0.3) is 0 Å². The molecule has 0 N–H and O–H groups in total. The van der Waals surface area contributed by atoms with Crippen LogP contribution in [0.2, 0.25) is 0 Å². The summed E-state index contributed by atoms with van der Waals surface area (Å²) < 4.78 is 63.5. The van der Waals surface area contributed by atoms with Gasteiger partial charge in [0.05, 0.1) is 6.04 Å². The minimum atomic E-state index is -6.01. The largest absolute Gasteiger partial charge is 0.501 e. The van der Waals surface area contributed by atoms with Crippen LogP contribution in [0.4, 0.5) is 27.1 Å². The number of alkyl halides is 5. The van der Waals surface area contributed by atoms with Crippen molar-refractivity contribution in [3.05, 3.63) is 5.01 Å². The highest BCUT2D eigenvalue weighted by Gasteiger charge is 2.62. The van der Waals surface area contributed by atoms with Gasteiger partial charge in [0.25, 0.3) is 5.13 Å². The van der Waals surface area contributed by atoms with Crippen molar-refractivity contribution in [1.29, 1.82) is 0 Å². The topological polar surface area (TPSA) is 76.8 Å². The molecule has 0 aliphatic carbocycles. The van der Waals surface area contributed by atoms with E-state index in [0.717, 1.165) is 0 Å². The highest BCUT2D eigenvalue weighted by molar-refractivity contribution is 7.16. The van der Waals surface area contributed by atoms with Gasteiger partial charge in [-0.3, -0.25) is 0 Å². The first kappa shape index (κ1) is 16.3. The van der Waals surface area contributed by atoms with Gasteiger partial charge in [-0.1, -0.05) is 11.3 Å². The van der Waals surface area contributed by atoms with Gasteiger partial charge in [0.15, 0.2) is 0 Å². The van der Waals surface area contributed by atoms with Gasteiger partial charge in [-0.05, 0) is 13.8 Å². The predicted molar refractivity (Wildman–Crippen MR) is 56.0 cm³/mol. The van der Waals surface area contributed by atoms with E-state index in [1.807, 2.05) is 0 Å². The number of halogens is 5. The molecule has 0 radical (unpaired) electrons. The van der Waals surface area contributed by atoms with Crippen LogP contribution in [0.1, 0.15) is 23.6 Å². The number of carbonyl (C=O) groups excluding carboxylic acids is 1. The molecule has 0 atom stereocenters. The van der Waals surface area contributed by atoms with E-state index in [1.54, 1.807) is 13.8 Å². The SMILES string of the molecule is CC(C)N=Nc1nnc(C(=O)OC(F)(F)C(F)(F)F)s1. The summed E-state index contributed by atoms with van der Waals surface area (Å²) in [5, 5.41) is 12.6. The van der Waals surface area contributed by atoms with Gasteiger partial charge in [0.2, 0.25) is 5.01 Å². The monoisotopic (exact) mass is 318 g/mol. The molecule has 0 saturated carbocycles. The van der Waals surface area contributed by atoms with E-state index in [-0.39, 0.29) is 11.2 Å². The van der Waals surface area contributed by atoms with Crippen molar-refractivity contribution >= 4 is 22.4 Å². The molecule has 20 heavy (non-hydrogen) atoms. The van der Waals surface area contributed by atoms with E-state index in [1.165, 1.54) is 0 Å². The second-order valence-electron chi connectivity index (χ2n) is 3.60. The summed E-state index contributed by atoms with van der Waals surface area (Å²) in [6, 6.07) is -0.191. The lowest BCUT2D eigenvalue weighted by Gasteiger charge is -2.17. The number of esters is 1. The Hall–Kier alpha value is -1.72. The Balaban J connectivity index is 2.79. The highest BCUT2D eigenvalue weighted by Crippen LogP contribution is 2.37. The van der Waals surface area contributed by atoms with E-state index in [0.29, 0.717) is 11.3 Å². The zero-order valence-electron chi connectivity index (χ0n) is 9.98. The first-order valence-corrected chi connectivity index (χ1v) is 5.77. The minimum absolute atomic E-state index is 0.166. The summed E-state index contributed by atoms with van der Waals surface area (Å²) >= 11 is 0.376. The van der Waals surface area contributed by atoms with E-state index >= 15 is 0 Å². The summed E-state index contributed by atoms with van der Waals surface area (Å²) in [4.78, 5) is 11.1. The number of hydrogen-bond acceptors (Lipinski definition) is 7. The molecule has 0 spiro atoms. The van der Waals surface area contributed by atoms with Gasteiger partial charge in [-0.15, -0.1) is 15.3 Å². The Kier molecular flexibility index (Phi) is 4.68. The van der Waals surface area contributed by atoms with Gasteiger partial charge in [-0.2, -0.15) is 27.1 Å². The van der Waals surface area contributed by atoms with Gasteiger partial charge < -0.3 is 4.74 Å². The van der Waals surface area contributed by atoms with Gasteiger partial charge in [0.1, 0.15) is 0 Å². The normalized spacial score (nSPS) is 13.2. The predicted octanol–water partition coefficient (Wildman–Crippen LogP) is 3.34.